The number of hydrogen-bond donors (Lipinski definition) is 1. The van der Waals surface area contributed by atoms with E-state index in [1.54, 1.807) is 0 Å². The fourth-order valence-corrected chi connectivity index (χ4v) is 2.13. The summed E-state index contributed by atoms with van der Waals surface area (Å²) in [6.45, 7) is 12.9. The molecule has 0 aromatic rings. The van der Waals surface area contributed by atoms with E-state index in [2.05, 4.69) is 37.9 Å². The Morgan fingerprint density at radius 1 is 1.25 bits per heavy atom. The molecule has 0 spiro atoms. The number of hydrogen-bond acceptors (Lipinski definition) is 2. The van der Waals surface area contributed by atoms with E-state index >= 15 is 0 Å². The third-order valence-corrected chi connectivity index (χ3v) is 3.28. The Labute approximate surface area is 102 Å². The van der Waals surface area contributed by atoms with E-state index in [9.17, 15) is 0 Å². The lowest BCUT2D eigenvalue weighted by atomic mass is 10.1. The molecule has 1 unspecified atom stereocenters. The van der Waals surface area contributed by atoms with Gasteiger partial charge in [-0.3, -0.25) is 0 Å². The topological polar surface area (TPSA) is 15.3 Å². The van der Waals surface area contributed by atoms with Gasteiger partial charge in [0, 0.05) is 18.6 Å². The van der Waals surface area contributed by atoms with Gasteiger partial charge in [-0.2, -0.15) is 0 Å². The molecule has 0 amide bonds. The Morgan fingerprint density at radius 3 is 2.44 bits per heavy atom. The fraction of sp³-hybridized carbons (Fsp3) is 1.00. The van der Waals surface area contributed by atoms with Crippen LogP contribution in [0.4, 0.5) is 0 Å². The van der Waals surface area contributed by atoms with Gasteiger partial charge in [0.2, 0.25) is 0 Å². The molecule has 1 N–H and O–H groups in total. The van der Waals surface area contributed by atoms with Crippen LogP contribution >= 0.6 is 0 Å². The minimum absolute atomic E-state index is 0.618. The predicted octanol–water partition coefficient (Wildman–Crippen LogP) is 2.89. The summed E-state index contributed by atoms with van der Waals surface area (Å²) in [5.41, 5.74) is 0. The quantitative estimate of drug-likeness (QED) is 0.650. The van der Waals surface area contributed by atoms with Gasteiger partial charge in [0.25, 0.3) is 0 Å². The first-order chi connectivity index (χ1) is 7.63. The van der Waals surface area contributed by atoms with Gasteiger partial charge in [-0.25, -0.2) is 0 Å². The highest BCUT2D eigenvalue weighted by Gasteiger charge is 2.29. The summed E-state index contributed by atoms with van der Waals surface area (Å²) in [5, 5.41) is 3.54. The SMILES string of the molecule is CCCCN(CC(C)CNC(C)C)C1CC1. The molecule has 2 nitrogen and oxygen atoms in total. The molecular weight excluding hydrogens is 196 g/mol. The molecule has 1 rings (SSSR count). The van der Waals surface area contributed by atoms with Crippen molar-refractivity contribution in [2.24, 2.45) is 5.92 Å². The van der Waals surface area contributed by atoms with Crippen LogP contribution in [0.25, 0.3) is 0 Å². The second-order valence-electron chi connectivity index (χ2n) is 5.75. The van der Waals surface area contributed by atoms with E-state index in [0.29, 0.717) is 6.04 Å². The van der Waals surface area contributed by atoms with Crippen molar-refractivity contribution in [2.45, 2.75) is 65.5 Å². The third-order valence-electron chi connectivity index (χ3n) is 3.28. The predicted molar refractivity (Wildman–Crippen MR) is 71.8 cm³/mol. The van der Waals surface area contributed by atoms with Gasteiger partial charge in [-0.05, 0) is 38.3 Å². The van der Waals surface area contributed by atoms with Crippen LogP contribution in [0, 0.1) is 5.92 Å². The lowest BCUT2D eigenvalue weighted by molar-refractivity contribution is 0.220. The molecule has 0 saturated heterocycles. The highest BCUT2D eigenvalue weighted by molar-refractivity contribution is 4.85. The zero-order chi connectivity index (χ0) is 12.0. The minimum atomic E-state index is 0.618. The van der Waals surface area contributed by atoms with Gasteiger partial charge in [0.15, 0.2) is 0 Å². The lowest BCUT2D eigenvalue weighted by Crippen LogP contribution is -2.37. The largest absolute Gasteiger partial charge is 0.314 e. The Morgan fingerprint density at radius 2 is 1.94 bits per heavy atom. The number of nitrogens with zero attached hydrogens (tertiary/aromatic N) is 1. The summed E-state index contributed by atoms with van der Waals surface area (Å²) in [4.78, 5) is 2.72. The average molecular weight is 226 g/mol. The summed E-state index contributed by atoms with van der Waals surface area (Å²) in [5.74, 6) is 0.778. The smallest absolute Gasteiger partial charge is 0.00965 e. The molecule has 1 atom stereocenters. The van der Waals surface area contributed by atoms with Crippen molar-refractivity contribution in [2.75, 3.05) is 19.6 Å². The molecule has 0 bridgehead atoms. The van der Waals surface area contributed by atoms with Crippen molar-refractivity contribution in [3.05, 3.63) is 0 Å². The number of unbranched alkanes of at least 4 members (excludes halogenated alkanes) is 1. The maximum atomic E-state index is 3.54. The van der Waals surface area contributed by atoms with Crippen molar-refractivity contribution in [1.82, 2.24) is 10.2 Å². The van der Waals surface area contributed by atoms with Crippen molar-refractivity contribution >= 4 is 0 Å². The van der Waals surface area contributed by atoms with Crippen LogP contribution in [0.1, 0.15) is 53.4 Å². The summed E-state index contributed by atoms with van der Waals surface area (Å²) in [6.07, 6.45) is 5.56. The van der Waals surface area contributed by atoms with Crippen LogP contribution in [-0.2, 0) is 0 Å². The third kappa shape index (κ3) is 5.86. The first-order valence-electron chi connectivity index (χ1n) is 7.11. The zero-order valence-electron chi connectivity index (χ0n) is 11.6. The lowest BCUT2D eigenvalue weighted by Gasteiger charge is -2.26. The van der Waals surface area contributed by atoms with Crippen molar-refractivity contribution < 1.29 is 0 Å². The molecule has 16 heavy (non-hydrogen) atoms. The molecule has 0 heterocycles. The molecule has 1 aliphatic carbocycles. The van der Waals surface area contributed by atoms with Gasteiger partial charge in [0.05, 0.1) is 0 Å². The van der Waals surface area contributed by atoms with Crippen molar-refractivity contribution in [1.29, 1.82) is 0 Å². The normalized spacial score (nSPS) is 18.4. The average Bonchev–Trinajstić information content (AvgIpc) is 3.05. The summed E-state index contributed by atoms with van der Waals surface area (Å²) in [7, 11) is 0. The van der Waals surface area contributed by atoms with Crippen molar-refractivity contribution in [3.8, 4) is 0 Å². The molecule has 1 fully saturated rings. The molecule has 96 valence electrons. The van der Waals surface area contributed by atoms with E-state index in [1.165, 1.54) is 38.8 Å². The number of nitrogens with one attached hydrogen (secondary N) is 1. The van der Waals surface area contributed by atoms with E-state index in [-0.39, 0.29) is 0 Å². The Hall–Kier alpha value is -0.0800. The fourth-order valence-electron chi connectivity index (χ4n) is 2.13. The zero-order valence-corrected chi connectivity index (χ0v) is 11.6. The Kier molecular flexibility index (Phi) is 6.37. The van der Waals surface area contributed by atoms with E-state index < -0.39 is 0 Å². The molecule has 1 aliphatic rings. The van der Waals surface area contributed by atoms with Crippen LogP contribution in [0.15, 0.2) is 0 Å². The van der Waals surface area contributed by atoms with Gasteiger partial charge in [0.1, 0.15) is 0 Å². The Bertz CT molecular complexity index is 176. The highest BCUT2D eigenvalue weighted by Crippen LogP contribution is 2.27. The molecule has 2 heteroatoms. The molecule has 0 aliphatic heterocycles. The van der Waals surface area contributed by atoms with Gasteiger partial charge >= 0.3 is 0 Å². The van der Waals surface area contributed by atoms with E-state index in [0.717, 1.165) is 18.5 Å². The summed E-state index contributed by atoms with van der Waals surface area (Å²) < 4.78 is 0. The van der Waals surface area contributed by atoms with Crippen LogP contribution in [0.2, 0.25) is 0 Å². The standard InChI is InChI=1S/C14H30N2/c1-5-6-9-16(14-7-8-14)11-13(4)10-15-12(2)3/h12-15H,5-11H2,1-4H3. The molecule has 0 aromatic heterocycles. The minimum Gasteiger partial charge on any atom is -0.314 e. The maximum absolute atomic E-state index is 3.54. The van der Waals surface area contributed by atoms with Crippen LogP contribution in [0.3, 0.4) is 0 Å². The molecule has 0 radical (unpaired) electrons. The summed E-state index contributed by atoms with van der Waals surface area (Å²) in [6, 6.07) is 1.54. The maximum Gasteiger partial charge on any atom is 0.00965 e. The van der Waals surface area contributed by atoms with Crippen LogP contribution < -0.4 is 5.32 Å². The van der Waals surface area contributed by atoms with Gasteiger partial charge < -0.3 is 10.2 Å². The second kappa shape index (κ2) is 7.29. The Balaban J connectivity index is 2.19. The van der Waals surface area contributed by atoms with Gasteiger partial charge in [-0.15, -0.1) is 0 Å². The van der Waals surface area contributed by atoms with E-state index in [1.807, 2.05) is 0 Å². The number of rotatable bonds is 9. The molecular formula is C14H30N2. The first kappa shape index (κ1) is 14.0. The van der Waals surface area contributed by atoms with Crippen LogP contribution in [0.5, 0.6) is 0 Å². The monoisotopic (exact) mass is 226 g/mol. The first-order valence-corrected chi connectivity index (χ1v) is 7.11. The molecule has 1 saturated carbocycles. The molecule has 0 aromatic carbocycles. The van der Waals surface area contributed by atoms with E-state index in [4.69, 9.17) is 0 Å². The summed E-state index contributed by atoms with van der Waals surface area (Å²) >= 11 is 0. The highest BCUT2D eigenvalue weighted by atomic mass is 15.2. The van der Waals surface area contributed by atoms with Crippen LogP contribution in [-0.4, -0.2) is 36.6 Å². The van der Waals surface area contributed by atoms with Gasteiger partial charge in [-0.1, -0.05) is 34.1 Å². The van der Waals surface area contributed by atoms with Crippen molar-refractivity contribution in [3.63, 3.8) is 0 Å². The second-order valence-corrected chi connectivity index (χ2v) is 5.75.